The highest BCUT2D eigenvalue weighted by Gasteiger charge is 2.03. The highest BCUT2D eigenvalue weighted by atomic mass is 19.1. The Labute approximate surface area is 111 Å². The monoisotopic (exact) mass is 265 g/mol. The quantitative estimate of drug-likeness (QED) is 0.814. The van der Waals surface area contributed by atoms with Gasteiger partial charge in [0.15, 0.2) is 0 Å². The number of aromatic nitrogens is 2. The molecule has 0 bridgehead atoms. The molecule has 0 atom stereocenters. The molecule has 1 aromatic carbocycles. The van der Waals surface area contributed by atoms with E-state index in [1.807, 2.05) is 6.20 Å². The Kier molecular flexibility index (Phi) is 4.63. The van der Waals surface area contributed by atoms with Crippen LogP contribution >= 0.6 is 0 Å². The Balaban J connectivity index is 1.99. The van der Waals surface area contributed by atoms with E-state index in [1.54, 1.807) is 10.9 Å². The molecule has 0 fully saturated rings. The molecule has 0 amide bonds. The highest BCUT2D eigenvalue weighted by Crippen LogP contribution is 2.09. The average Bonchev–Trinajstić information content (AvgIpc) is 2.76. The van der Waals surface area contributed by atoms with E-state index in [4.69, 9.17) is 0 Å². The van der Waals surface area contributed by atoms with Gasteiger partial charge in [0.1, 0.15) is 11.6 Å². The molecule has 0 saturated carbocycles. The van der Waals surface area contributed by atoms with Crippen molar-refractivity contribution in [3.8, 4) is 0 Å². The molecule has 0 aliphatic heterocycles. The largest absolute Gasteiger partial charge is 0.313 e. The van der Waals surface area contributed by atoms with E-state index in [-0.39, 0.29) is 0 Å². The van der Waals surface area contributed by atoms with Crippen LogP contribution in [0.2, 0.25) is 0 Å². The van der Waals surface area contributed by atoms with Crippen LogP contribution in [0.5, 0.6) is 0 Å². The molecular weight excluding hydrogens is 248 g/mol. The molecule has 0 unspecified atom stereocenters. The molecule has 0 aliphatic rings. The van der Waals surface area contributed by atoms with Crippen molar-refractivity contribution in [3.05, 3.63) is 53.4 Å². The second kappa shape index (κ2) is 6.43. The summed E-state index contributed by atoms with van der Waals surface area (Å²) in [5, 5.41) is 7.45. The molecule has 0 radical (unpaired) electrons. The van der Waals surface area contributed by atoms with Crippen LogP contribution in [0.4, 0.5) is 8.78 Å². The van der Waals surface area contributed by atoms with E-state index < -0.39 is 11.6 Å². The van der Waals surface area contributed by atoms with E-state index in [9.17, 15) is 8.78 Å². The Bertz CT molecular complexity index is 517. The molecule has 0 spiro atoms. The lowest BCUT2D eigenvalue weighted by atomic mass is 10.2. The first kappa shape index (κ1) is 13.7. The molecule has 2 rings (SSSR count). The average molecular weight is 265 g/mol. The van der Waals surface area contributed by atoms with Gasteiger partial charge in [-0.05, 0) is 30.7 Å². The second-order valence-electron chi connectivity index (χ2n) is 4.50. The maximum absolute atomic E-state index is 13.1. The minimum atomic E-state index is -0.563. The van der Waals surface area contributed by atoms with Gasteiger partial charge in [0.2, 0.25) is 0 Å². The van der Waals surface area contributed by atoms with Crippen molar-refractivity contribution in [2.45, 2.75) is 26.4 Å². The van der Waals surface area contributed by atoms with Crippen LogP contribution in [-0.4, -0.2) is 16.3 Å². The lowest BCUT2D eigenvalue weighted by molar-refractivity contribution is 0.574. The fraction of sp³-hybridized carbons (Fsp3) is 0.357. The summed E-state index contributed by atoms with van der Waals surface area (Å²) in [6.07, 6.45) is 4.72. The summed E-state index contributed by atoms with van der Waals surface area (Å²) in [6.45, 7) is 4.18. The third-order valence-corrected chi connectivity index (χ3v) is 2.71. The molecule has 0 aliphatic carbocycles. The Morgan fingerprint density at radius 1 is 1.16 bits per heavy atom. The molecule has 1 N–H and O–H groups in total. The van der Waals surface area contributed by atoms with Gasteiger partial charge >= 0.3 is 0 Å². The van der Waals surface area contributed by atoms with Crippen molar-refractivity contribution in [1.82, 2.24) is 15.1 Å². The van der Waals surface area contributed by atoms with Crippen molar-refractivity contribution in [1.29, 1.82) is 0 Å². The Hall–Kier alpha value is -1.75. The van der Waals surface area contributed by atoms with Gasteiger partial charge in [-0.1, -0.05) is 6.92 Å². The number of halogens is 2. The van der Waals surface area contributed by atoms with E-state index >= 15 is 0 Å². The van der Waals surface area contributed by atoms with Gasteiger partial charge in [0.05, 0.1) is 12.7 Å². The molecule has 1 heterocycles. The lowest BCUT2D eigenvalue weighted by Crippen LogP contribution is -2.13. The van der Waals surface area contributed by atoms with Gasteiger partial charge in [-0.25, -0.2) is 8.78 Å². The van der Waals surface area contributed by atoms with Gasteiger partial charge in [-0.3, -0.25) is 4.68 Å². The minimum absolute atomic E-state index is 0.364. The van der Waals surface area contributed by atoms with Crippen LogP contribution in [0, 0.1) is 11.6 Å². The second-order valence-corrected chi connectivity index (χ2v) is 4.50. The first-order valence-electron chi connectivity index (χ1n) is 6.34. The summed E-state index contributed by atoms with van der Waals surface area (Å²) in [4.78, 5) is 0. The molecule has 2 aromatic rings. The zero-order valence-corrected chi connectivity index (χ0v) is 10.9. The van der Waals surface area contributed by atoms with Gasteiger partial charge < -0.3 is 5.32 Å². The molecule has 19 heavy (non-hydrogen) atoms. The van der Waals surface area contributed by atoms with Crippen molar-refractivity contribution in [3.63, 3.8) is 0 Å². The third kappa shape index (κ3) is 4.13. The maximum Gasteiger partial charge on any atom is 0.126 e. The van der Waals surface area contributed by atoms with E-state index in [0.29, 0.717) is 12.1 Å². The summed E-state index contributed by atoms with van der Waals surface area (Å²) >= 11 is 0. The van der Waals surface area contributed by atoms with E-state index in [2.05, 4.69) is 17.3 Å². The van der Waals surface area contributed by atoms with Crippen LogP contribution in [0.15, 0.2) is 30.6 Å². The molecule has 5 heteroatoms. The molecule has 0 saturated heterocycles. The molecule has 3 nitrogen and oxygen atoms in total. The topological polar surface area (TPSA) is 29.9 Å². The predicted molar refractivity (Wildman–Crippen MR) is 69.7 cm³/mol. The standard InChI is InChI=1S/C14H17F2N3/c1-2-3-17-7-12-8-18-19(10-12)9-11-4-13(15)6-14(16)5-11/h4-6,8,10,17H,2-3,7,9H2,1H3. The first-order chi connectivity index (χ1) is 9.17. The number of hydrogen-bond acceptors (Lipinski definition) is 2. The third-order valence-electron chi connectivity index (χ3n) is 2.71. The molecule has 102 valence electrons. The number of nitrogens with one attached hydrogen (secondary N) is 1. The minimum Gasteiger partial charge on any atom is -0.313 e. The predicted octanol–water partition coefficient (Wildman–Crippen LogP) is 2.71. The van der Waals surface area contributed by atoms with Crippen LogP contribution < -0.4 is 5.32 Å². The molecule has 1 aromatic heterocycles. The van der Waals surface area contributed by atoms with Gasteiger partial charge in [-0.2, -0.15) is 5.10 Å². The summed E-state index contributed by atoms with van der Waals surface area (Å²) in [7, 11) is 0. The highest BCUT2D eigenvalue weighted by molar-refractivity contribution is 5.18. The zero-order chi connectivity index (χ0) is 13.7. The fourth-order valence-electron chi connectivity index (χ4n) is 1.88. The zero-order valence-electron chi connectivity index (χ0n) is 10.9. The fourth-order valence-corrected chi connectivity index (χ4v) is 1.88. The van der Waals surface area contributed by atoms with Crippen LogP contribution in [0.1, 0.15) is 24.5 Å². The van der Waals surface area contributed by atoms with E-state index in [0.717, 1.165) is 31.1 Å². The van der Waals surface area contributed by atoms with Gasteiger partial charge in [0, 0.05) is 24.4 Å². The maximum atomic E-state index is 13.1. The summed E-state index contributed by atoms with van der Waals surface area (Å²) in [5.74, 6) is -1.13. The SMILES string of the molecule is CCCNCc1cnn(Cc2cc(F)cc(F)c2)c1. The van der Waals surface area contributed by atoms with Gasteiger partial charge in [-0.15, -0.1) is 0 Å². The first-order valence-corrected chi connectivity index (χ1v) is 6.34. The smallest absolute Gasteiger partial charge is 0.126 e. The van der Waals surface area contributed by atoms with Crippen LogP contribution in [0.25, 0.3) is 0 Å². The Morgan fingerprint density at radius 2 is 1.89 bits per heavy atom. The summed E-state index contributed by atoms with van der Waals surface area (Å²) in [6, 6.07) is 3.51. The van der Waals surface area contributed by atoms with E-state index in [1.165, 1.54) is 12.1 Å². The number of hydrogen-bond donors (Lipinski definition) is 1. The number of rotatable bonds is 6. The van der Waals surface area contributed by atoms with Crippen molar-refractivity contribution >= 4 is 0 Å². The normalized spacial score (nSPS) is 10.9. The Morgan fingerprint density at radius 3 is 2.58 bits per heavy atom. The van der Waals surface area contributed by atoms with Gasteiger partial charge in [0.25, 0.3) is 0 Å². The number of benzene rings is 1. The summed E-state index contributed by atoms with van der Waals surface area (Å²) in [5.41, 5.74) is 1.62. The van der Waals surface area contributed by atoms with Crippen LogP contribution in [-0.2, 0) is 13.1 Å². The summed E-state index contributed by atoms with van der Waals surface area (Å²) < 4.78 is 27.8. The lowest BCUT2D eigenvalue weighted by Gasteiger charge is -2.03. The van der Waals surface area contributed by atoms with Crippen molar-refractivity contribution in [2.24, 2.45) is 0 Å². The number of nitrogens with zero attached hydrogens (tertiary/aromatic N) is 2. The van der Waals surface area contributed by atoms with Crippen LogP contribution in [0.3, 0.4) is 0 Å². The molecular formula is C14H17F2N3. The van der Waals surface area contributed by atoms with Crippen molar-refractivity contribution in [2.75, 3.05) is 6.54 Å². The van der Waals surface area contributed by atoms with Crippen molar-refractivity contribution < 1.29 is 8.78 Å².